The topological polar surface area (TPSA) is 27.7 Å². The lowest BCUT2D eigenvalue weighted by molar-refractivity contribution is 0.0432. The van der Waals surface area contributed by atoms with Crippen molar-refractivity contribution >= 4 is 8.80 Å². The van der Waals surface area contributed by atoms with Gasteiger partial charge in [0.1, 0.15) is 0 Å². The molecule has 0 N–H and O–H groups in total. The molecule has 0 aromatic heterocycles. The number of hydrogen-bond acceptors (Lipinski definition) is 3. The van der Waals surface area contributed by atoms with Crippen molar-refractivity contribution in [3.05, 3.63) is 0 Å². The first-order valence-corrected chi connectivity index (χ1v) is 7.26. The van der Waals surface area contributed by atoms with Crippen LogP contribution >= 0.6 is 0 Å². The second-order valence-electron chi connectivity index (χ2n) is 3.07. The van der Waals surface area contributed by atoms with Gasteiger partial charge in [-0.15, -0.1) is 0 Å². The summed E-state index contributed by atoms with van der Waals surface area (Å²) in [5.41, 5.74) is 0. The van der Waals surface area contributed by atoms with Crippen LogP contribution in [0.4, 0.5) is 0 Å². The van der Waals surface area contributed by atoms with Gasteiger partial charge in [0.15, 0.2) is 0 Å². The van der Waals surface area contributed by atoms with Gasteiger partial charge in [-0.1, -0.05) is 6.92 Å². The Balaban J connectivity index is 4.05. The van der Waals surface area contributed by atoms with E-state index < -0.39 is 8.80 Å². The normalized spacial score (nSPS) is 14.5. The summed E-state index contributed by atoms with van der Waals surface area (Å²) in [4.78, 5) is 0. The lowest BCUT2D eigenvalue weighted by Crippen LogP contribution is -2.44. The van der Waals surface area contributed by atoms with Crippen LogP contribution in [0.1, 0.15) is 34.1 Å². The Morgan fingerprint density at radius 2 is 1.54 bits per heavy atom. The molecule has 0 saturated heterocycles. The smallest absolute Gasteiger partial charge is 0.374 e. The van der Waals surface area contributed by atoms with E-state index in [1.54, 1.807) is 0 Å². The van der Waals surface area contributed by atoms with E-state index in [-0.39, 0.29) is 6.10 Å². The summed E-state index contributed by atoms with van der Waals surface area (Å²) in [7, 11) is -2.33. The summed E-state index contributed by atoms with van der Waals surface area (Å²) < 4.78 is 16.8. The van der Waals surface area contributed by atoms with Crippen LogP contribution in [0.3, 0.4) is 0 Å². The van der Waals surface area contributed by atoms with Crippen molar-refractivity contribution in [3.8, 4) is 0 Å². The molecule has 0 amide bonds. The van der Waals surface area contributed by atoms with E-state index in [4.69, 9.17) is 13.3 Å². The average Bonchev–Trinajstić information content (AvgIpc) is 2.04. The molecule has 0 aliphatic heterocycles. The molecule has 0 aromatic rings. The minimum Gasteiger partial charge on any atom is -0.374 e. The Bertz CT molecular complexity index is 124. The van der Waals surface area contributed by atoms with Crippen molar-refractivity contribution in [1.82, 2.24) is 0 Å². The SMILES string of the molecule is CCO[Si](C)(OCC)OC(C)CC. The molecule has 4 heteroatoms. The molecule has 80 valence electrons. The van der Waals surface area contributed by atoms with Gasteiger partial charge in [-0.2, -0.15) is 0 Å². The third kappa shape index (κ3) is 5.41. The highest BCUT2D eigenvalue weighted by Crippen LogP contribution is 2.13. The van der Waals surface area contributed by atoms with Crippen LogP contribution < -0.4 is 0 Å². The van der Waals surface area contributed by atoms with Crippen molar-refractivity contribution < 1.29 is 13.3 Å². The Morgan fingerprint density at radius 3 is 1.85 bits per heavy atom. The van der Waals surface area contributed by atoms with Crippen molar-refractivity contribution in [3.63, 3.8) is 0 Å². The van der Waals surface area contributed by atoms with Gasteiger partial charge in [-0.3, -0.25) is 0 Å². The van der Waals surface area contributed by atoms with E-state index in [2.05, 4.69) is 6.92 Å². The van der Waals surface area contributed by atoms with E-state index in [0.717, 1.165) is 6.42 Å². The highest BCUT2D eigenvalue weighted by Gasteiger charge is 2.35. The summed E-state index contributed by atoms with van der Waals surface area (Å²) in [6.45, 7) is 11.3. The van der Waals surface area contributed by atoms with Crippen molar-refractivity contribution in [2.24, 2.45) is 0 Å². The Hall–Kier alpha value is 0.0969. The molecule has 0 fully saturated rings. The van der Waals surface area contributed by atoms with Crippen molar-refractivity contribution in [1.29, 1.82) is 0 Å². The van der Waals surface area contributed by atoms with Crippen molar-refractivity contribution in [2.75, 3.05) is 13.2 Å². The minimum atomic E-state index is -2.33. The summed E-state index contributed by atoms with van der Waals surface area (Å²) in [6.07, 6.45) is 1.21. The lowest BCUT2D eigenvalue weighted by Gasteiger charge is -2.27. The van der Waals surface area contributed by atoms with Crippen LogP contribution in [0.15, 0.2) is 0 Å². The Labute approximate surface area is 82.8 Å². The highest BCUT2D eigenvalue weighted by molar-refractivity contribution is 6.59. The number of hydrogen-bond donors (Lipinski definition) is 0. The van der Waals surface area contributed by atoms with Gasteiger partial charge in [0.2, 0.25) is 0 Å². The number of rotatable bonds is 7. The molecule has 0 saturated carbocycles. The maximum absolute atomic E-state index is 5.76. The second-order valence-corrected chi connectivity index (χ2v) is 5.60. The van der Waals surface area contributed by atoms with E-state index in [1.165, 1.54) is 0 Å². The maximum Gasteiger partial charge on any atom is 0.497 e. The monoisotopic (exact) mass is 206 g/mol. The predicted molar refractivity (Wildman–Crippen MR) is 55.7 cm³/mol. The molecule has 0 aromatic carbocycles. The minimum absolute atomic E-state index is 0.217. The zero-order valence-corrected chi connectivity index (χ0v) is 10.4. The molecular formula is C9H22O3Si. The molecule has 1 atom stereocenters. The molecule has 0 aliphatic rings. The predicted octanol–water partition coefficient (Wildman–Crippen LogP) is 2.44. The third-order valence-corrected chi connectivity index (χ3v) is 4.26. The average molecular weight is 206 g/mol. The van der Waals surface area contributed by atoms with E-state index in [1.807, 2.05) is 27.3 Å². The summed E-state index contributed by atoms with van der Waals surface area (Å²) in [5, 5.41) is 0. The largest absolute Gasteiger partial charge is 0.497 e. The molecule has 3 nitrogen and oxygen atoms in total. The molecule has 1 unspecified atom stereocenters. The van der Waals surface area contributed by atoms with E-state index >= 15 is 0 Å². The third-order valence-electron chi connectivity index (χ3n) is 1.80. The first kappa shape index (κ1) is 13.1. The van der Waals surface area contributed by atoms with Crippen LogP contribution in [-0.4, -0.2) is 28.1 Å². The molecule has 13 heavy (non-hydrogen) atoms. The van der Waals surface area contributed by atoms with Crippen LogP contribution in [0.2, 0.25) is 6.55 Å². The van der Waals surface area contributed by atoms with Crippen LogP contribution in [-0.2, 0) is 13.3 Å². The summed E-state index contributed by atoms with van der Waals surface area (Å²) in [6, 6.07) is 0. The quantitative estimate of drug-likeness (QED) is 0.599. The van der Waals surface area contributed by atoms with Gasteiger partial charge >= 0.3 is 8.80 Å². The molecule has 0 heterocycles. The first-order chi connectivity index (χ1) is 6.08. The molecule has 0 bridgehead atoms. The lowest BCUT2D eigenvalue weighted by atomic mass is 10.3. The fraction of sp³-hybridized carbons (Fsp3) is 1.00. The standard InChI is InChI=1S/C9H22O3Si/c1-6-9(4)12-13(5,10-7-2)11-8-3/h9H,6-8H2,1-5H3. The summed E-state index contributed by atoms with van der Waals surface area (Å²) in [5.74, 6) is 0. The van der Waals surface area contributed by atoms with Gasteiger partial charge in [-0.05, 0) is 27.2 Å². The van der Waals surface area contributed by atoms with Crippen molar-refractivity contribution in [2.45, 2.75) is 46.8 Å². The van der Waals surface area contributed by atoms with Gasteiger partial charge in [0.25, 0.3) is 0 Å². The molecule has 0 aliphatic carbocycles. The second kappa shape index (κ2) is 6.54. The van der Waals surface area contributed by atoms with Gasteiger partial charge in [0.05, 0.1) is 0 Å². The molecule has 0 spiro atoms. The summed E-state index contributed by atoms with van der Waals surface area (Å²) >= 11 is 0. The Kier molecular flexibility index (Phi) is 6.58. The van der Waals surface area contributed by atoms with Crippen LogP contribution in [0, 0.1) is 0 Å². The zero-order chi connectivity index (χ0) is 10.3. The van der Waals surface area contributed by atoms with Crippen LogP contribution in [0.25, 0.3) is 0 Å². The molecule has 0 rings (SSSR count). The fourth-order valence-electron chi connectivity index (χ4n) is 1.08. The molecule has 0 radical (unpaired) electrons. The molecular weight excluding hydrogens is 184 g/mol. The van der Waals surface area contributed by atoms with E-state index in [0.29, 0.717) is 13.2 Å². The van der Waals surface area contributed by atoms with E-state index in [9.17, 15) is 0 Å². The van der Waals surface area contributed by atoms with Gasteiger partial charge in [0, 0.05) is 25.9 Å². The highest BCUT2D eigenvalue weighted by atomic mass is 28.4. The van der Waals surface area contributed by atoms with Gasteiger partial charge < -0.3 is 13.3 Å². The Morgan fingerprint density at radius 1 is 1.08 bits per heavy atom. The zero-order valence-electron chi connectivity index (χ0n) is 9.42. The fourth-order valence-corrected chi connectivity index (χ4v) is 3.25. The van der Waals surface area contributed by atoms with Gasteiger partial charge in [-0.25, -0.2) is 0 Å². The van der Waals surface area contributed by atoms with Crippen LogP contribution in [0.5, 0.6) is 0 Å². The first-order valence-electron chi connectivity index (χ1n) is 5.03. The maximum atomic E-state index is 5.76.